The maximum Gasteiger partial charge on any atom is 0.253 e. The van der Waals surface area contributed by atoms with E-state index in [4.69, 9.17) is 4.74 Å². The molecular weight excluding hydrogens is 364 g/mol. The first-order valence-electron chi connectivity index (χ1n) is 9.81. The van der Waals surface area contributed by atoms with E-state index in [2.05, 4.69) is 4.72 Å². The van der Waals surface area contributed by atoms with E-state index < -0.39 is 10.0 Å². The third-order valence-corrected chi connectivity index (χ3v) is 7.37. The standard InChI is InChI=1S/C20H30N2O4S/c1-15(14-26-2)21-27(24,25)19-9-7-17(8-10-19)20(23)22-12-11-16-5-3-4-6-18(16)13-22/h7-10,15-16,18,21H,3-6,11-14H2,1-2H3/t15-,16-,18-/m1/s1. The van der Waals surface area contributed by atoms with Crippen molar-refractivity contribution < 1.29 is 17.9 Å². The third kappa shape index (κ3) is 4.89. The molecule has 150 valence electrons. The van der Waals surface area contributed by atoms with Gasteiger partial charge in [-0.15, -0.1) is 0 Å². The first-order chi connectivity index (χ1) is 12.9. The number of amides is 1. The van der Waals surface area contributed by atoms with Crippen LogP contribution in [-0.4, -0.2) is 52.1 Å². The molecule has 7 heteroatoms. The van der Waals surface area contributed by atoms with Crippen molar-refractivity contribution >= 4 is 15.9 Å². The average Bonchev–Trinajstić information content (AvgIpc) is 2.67. The topological polar surface area (TPSA) is 75.7 Å². The van der Waals surface area contributed by atoms with E-state index >= 15 is 0 Å². The summed E-state index contributed by atoms with van der Waals surface area (Å²) in [6.45, 7) is 3.68. The molecule has 6 nitrogen and oxygen atoms in total. The number of hydrogen-bond acceptors (Lipinski definition) is 4. The number of carbonyl (C=O) groups is 1. The summed E-state index contributed by atoms with van der Waals surface area (Å²) >= 11 is 0. The first-order valence-corrected chi connectivity index (χ1v) is 11.3. The number of fused-ring (bicyclic) bond motifs is 1. The van der Waals surface area contributed by atoms with Gasteiger partial charge in [0.15, 0.2) is 0 Å². The highest BCUT2D eigenvalue weighted by molar-refractivity contribution is 7.89. The Morgan fingerprint density at radius 3 is 2.52 bits per heavy atom. The maximum atomic E-state index is 12.8. The number of piperidine rings is 1. The summed E-state index contributed by atoms with van der Waals surface area (Å²) < 4.78 is 32.3. The van der Waals surface area contributed by atoms with E-state index in [1.165, 1.54) is 44.9 Å². The molecule has 0 radical (unpaired) electrons. The highest BCUT2D eigenvalue weighted by Crippen LogP contribution is 2.36. The van der Waals surface area contributed by atoms with Crippen LogP contribution in [0.25, 0.3) is 0 Å². The normalized spacial score (nSPS) is 24.3. The summed E-state index contributed by atoms with van der Waals surface area (Å²) in [5.74, 6) is 1.40. The maximum absolute atomic E-state index is 12.8. The van der Waals surface area contributed by atoms with Crippen molar-refractivity contribution in [3.8, 4) is 0 Å². The third-order valence-electron chi connectivity index (χ3n) is 5.76. The number of hydrogen-bond donors (Lipinski definition) is 1. The van der Waals surface area contributed by atoms with E-state index in [0.29, 0.717) is 18.1 Å². The summed E-state index contributed by atoms with van der Waals surface area (Å²) in [4.78, 5) is 14.9. The lowest BCUT2D eigenvalue weighted by Crippen LogP contribution is -2.44. The Bertz CT molecular complexity index is 748. The molecule has 0 spiro atoms. The summed E-state index contributed by atoms with van der Waals surface area (Å²) in [7, 11) is -2.09. The molecule has 0 unspecified atom stereocenters. The molecular formula is C20H30N2O4S. The molecule has 2 aliphatic rings. The average molecular weight is 395 g/mol. The molecule has 0 aromatic heterocycles. The number of benzene rings is 1. The van der Waals surface area contributed by atoms with E-state index in [9.17, 15) is 13.2 Å². The number of methoxy groups -OCH3 is 1. The monoisotopic (exact) mass is 394 g/mol. The number of carbonyl (C=O) groups excluding carboxylic acids is 1. The molecule has 2 fully saturated rings. The van der Waals surface area contributed by atoms with Crippen LogP contribution in [0.4, 0.5) is 0 Å². The fraction of sp³-hybridized carbons (Fsp3) is 0.650. The lowest BCUT2D eigenvalue weighted by molar-refractivity contribution is 0.0521. The fourth-order valence-electron chi connectivity index (χ4n) is 4.36. The van der Waals surface area contributed by atoms with Crippen molar-refractivity contribution in [3.63, 3.8) is 0 Å². The molecule has 1 heterocycles. The van der Waals surface area contributed by atoms with Gasteiger partial charge < -0.3 is 9.64 Å². The zero-order valence-corrected chi connectivity index (χ0v) is 17.0. The van der Waals surface area contributed by atoms with Gasteiger partial charge in [0.25, 0.3) is 5.91 Å². The second kappa shape index (κ2) is 8.71. The predicted octanol–water partition coefficient (Wildman–Crippen LogP) is 2.65. The molecule has 3 atom stereocenters. The first kappa shape index (κ1) is 20.3. The van der Waals surface area contributed by atoms with Gasteiger partial charge in [0.1, 0.15) is 0 Å². The second-order valence-corrected chi connectivity index (χ2v) is 9.56. The van der Waals surface area contributed by atoms with Crippen LogP contribution in [0.15, 0.2) is 29.2 Å². The largest absolute Gasteiger partial charge is 0.383 e. The minimum atomic E-state index is -3.62. The van der Waals surface area contributed by atoms with Crippen molar-refractivity contribution in [2.45, 2.75) is 50.0 Å². The van der Waals surface area contributed by atoms with Crippen molar-refractivity contribution in [3.05, 3.63) is 29.8 Å². The molecule has 1 aromatic carbocycles. The number of likely N-dealkylation sites (tertiary alicyclic amines) is 1. The van der Waals surface area contributed by atoms with E-state index in [1.807, 2.05) is 4.90 Å². The van der Waals surface area contributed by atoms with Crippen LogP contribution in [0.1, 0.15) is 49.4 Å². The number of nitrogens with one attached hydrogen (secondary N) is 1. The lowest BCUT2D eigenvalue weighted by atomic mass is 9.75. The van der Waals surface area contributed by atoms with Gasteiger partial charge in [0, 0.05) is 31.8 Å². The number of rotatable bonds is 6. The van der Waals surface area contributed by atoms with Gasteiger partial charge in [-0.05, 0) is 55.9 Å². The summed E-state index contributed by atoms with van der Waals surface area (Å²) in [5, 5.41) is 0. The van der Waals surface area contributed by atoms with Crippen LogP contribution < -0.4 is 4.72 Å². The molecule has 1 saturated carbocycles. The summed E-state index contributed by atoms with van der Waals surface area (Å²) in [5.41, 5.74) is 0.549. The van der Waals surface area contributed by atoms with E-state index in [1.54, 1.807) is 19.1 Å². The molecule has 1 saturated heterocycles. The van der Waals surface area contributed by atoms with Gasteiger partial charge in [-0.3, -0.25) is 4.79 Å². The smallest absolute Gasteiger partial charge is 0.253 e. The Balaban J connectivity index is 1.65. The van der Waals surface area contributed by atoms with Gasteiger partial charge in [0.2, 0.25) is 10.0 Å². The highest BCUT2D eigenvalue weighted by atomic mass is 32.2. The Morgan fingerprint density at radius 1 is 1.19 bits per heavy atom. The van der Waals surface area contributed by atoms with Crippen LogP contribution in [0.5, 0.6) is 0 Å². The van der Waals surface area contributed by atoms with Crippen molar-refractivity contribution in [2.75, 3.05) is 26.8 Å². The van der Waals surface area contributed by atoms with E-state index in [-0.39, 0.29) is 16.8 Å². The minimum absolute atomic E-state index is 0.00341. The van der Waals surface area contributed by atoms with Gasteiger partial charge in [-0.1, -0.05) is 19.3 Å². The van der Waals surface area contributed by atoms with Crippen molar-refractivity contribution in [2.24, 2.45) is 11.8 Å². The molecule has 1 aliphatic carbocycles. The zero-order valence-electron chi connectivity index (χ0n) is 16.2. The predicted molar refractivity (Wildman–Crippen MR) is 104 cm³/mol. The van der Waals surface area contributed by atoms with Crippen molar-refractivity contribution in [1.82, 2.24) is 9.62 Å². The van der Waals surface area contributed by atoms with Crippen LogP contribution in [0.3, 0.4) is 0 Å². The molecule has 1 amide bonds. The van der Waals surface area contributed by atoms with Crippen molar-refractivity contribution in [1.29, 1.82) is 0 Å². The Hall–Kier alpha value is -1.44. The lowest BCUT2D eigenvalue weighted by Gasteiger charge is -2.41. The Kier molecular flexibility index (Phi) is 6.55. The van der Waals surface area contributed by atoms with E-state index in [0.717, 1.165) is 25.4 Å². The molecule has 1 aliphatic heterocycles. The molecule has 27 heavy (non-hydrogen) atoms. The zero-order chi connectivity index (χ0) is 19.4. The van der Waals surface area contributed by atoms with Gasteiger partial charge in [-0.2, -0.15) is 0 Å². The molecule has 1 N–H and O–H groups in total. The number of ether oxygens (including phenoxy) is 1. The highest BCUT2D eigenvalue weighted by Gasteiger charge is 2.33. The van der Waals surface area contributed by atoms with Gasteiger partial charge >= 0.3 is 0 Å². The molecule has 0 bridgehead atoms. The van der Waals surface area contributed by atoms with Gasteiger partial charge in [-0.25, -0.2) is 13.1 Å². The fourth-order valence-corrected chi connectivity index (χ4v) is 5.59. The molecule has 3 rings (SSSR count). The molecule has 1 aromatic rings. The minimum Gasteiger partial charge on any atom is -0.383 e. The SMILES string of the molecule is COC[C@@H](C)NS(=O)(=O)c1ccc(C(=O)N2CC[C@H]3CCCC[C@@H]3C2)cc1. The van der Waals surface area contributed by atoms with Crippen LogP contribution >= 0.6 is 0 Å². The van der Waals surface area contributed by atoms with Crippen LogP contribution in [-0.2, 0) is 14.8 Å². The van der Waals surface area contributed by atoms with Gasteiger partial charge in [0.05, 0.1) is 11.5 Å². The Morgan fingerprint density at radius 2 is 1.85 bits per heavy atom. The second-order valence-electron chi connectivity index (χ2n) is 7.85. The quantitative estimate of drug-likeness (QED) is 0.805. The van der Waals surface area contributed by atoms with Crippen LogP contribution in [0, 0.1) is 11.8 Å². The van der Waals surface area contributed by atoms with Crippen LogP contribution in [0.2, 0.25) is 0 Å². The summed E-state index contributed by atoms with van der Waals surface area (Å²) in [6.07, 6.45) is 6.20. The Labute approximate surface area is 162 Å². The summed E-state index contributed by atoms with van der Waals surface area (Å²) in [6, 6.07) is 5.92. The number of nitrogens with zero attached hydrogens (tertiary/aromatic N) is 1. The number of sulfonamides is 1.